The molecule has 2 atom stereocenters. The van der Waals surface area contributed by atoms with E-state index in [2.05, 4.69) is 63.2 Å². The lowest BCUT2D eigenvalue weighted by Gasteiger charge is -2.28. The van der Waals surface area contributed by atoms with Crippen LogP contribution in [0, 0.1) is 0 Å². The summed E-state index contributed by atoms with van der Waals surface area (Å²) in [4.78, 5) is 44.0. The Hall–Kier alpha value is -2.57. The minimum Gasteiger partial charge on any atom is -0.463 e. The highest BCUT2D eigenvalue weighted by molar-refractivity contribution is 5.82. The molecule has 109 heavy (non-hydrogen) atoms. The fourth-order valence-corrected chi connectivity index (χ4v) is 15.1. The van der Waals surface area contributed by atoms with Gasteiger partial charge >= 0.3 is 17.9 Å². The molecule has 0 aromatic rings. The smallest absolute Gasteiger partial charge is 0.330 e. The molecule has 0 spiro atoms. The molecule has 0 radical (unpaired) electrons. The zero-order valence-electron chi connectivity index (χ0n) is 74.4. The fourth-order valence-electron chi connectivity index (χ4n) is 15.1. The first-order valence-electron chi connectivity index (χ1n) is 48.6. The Morgan fingerprint density at radius 2 is 0.450 bits per heavy atom. The maximum atomic E-state index is 12.6. The molecule has 0 aromatic heterocycles. The van der Waals surface area contributed by atoms with E-state index in [9.17, 15) is 24.6 Å². The van der Waals surface area contributed by atoms with Gasteiger partial charge in [-0.15, -0.1) is 0 Å². The third-order valence-electron chi connectivity index (χ3n) is 22.0. The number of aliphatic hydroxyl groups excluding tert-OH is 2. The van der Waals surface area contributed by atoms with E-state index in [1.54, 1.807) is 6.08 Å². The van der Waals surface area contributed by atoms with Gasteiger partial charge in [-0.25, -0.2) is 14.4 Å². The number of unbranched alkanes of at least 4 members (excludes halogenated alkanes) is 59. The zero-order chi connectivity index (χ0) is 79.6. The minimum atomic E-state index is -0.536. The molecule has 2 unspecified atom stereocenters. The monoisotopic (exact) mass is 1540 g/mol. The SMILES string of the molecule is CCCCCCCCCCCCCCCOC(=O)/C=C/CCCC(O)CN(CCC)CCCCCCCCCCCCCC.CCCCCCCCCCCCCCCOC(=O)/C=C/CN(C/C=C/C(=O)OCCCCCCCCCCCCCCC)CC(O)CN(CCC)CCCCCCCCCCCCCC. The Kier molecular flexibility index (Phi) is 93.8. The first-order chi connectivity index (χ1) is 53.6. The molecular formula is C98H191N3O8. The summed E-state index contributed by atoms with van der Waals surface area (Å²) in [5, 5.41) is 21.9. The lowest BCUT2D eigenvalue weighted by atomic mass is 10.0. The highest BCUT2D eigenvalue weighted by Gasteiger charge is 2.16. The second-order valence-electron chi connectivity index (χ2n) is 33.3. The number of nitrogens with zero attached hydrogens (tertiary/aromatic N) is 3. The Labute approximate surface area is 680 Å². The molecule has 2 N–H and O–H groups in total. The van der Waals surface area contributed by atoms with Crippen LogP contribution in [0.15, 0.2) is 36.5 Å². The Balaban J connectivity index is 0. The number of rotatable bonds is 89. The highest BCUT2D eigenvalue weighted by atomic mass is 16.5. The van der Waals surface area contributed by atoms with Crippen LogP contribution < -0.4 is 0 Å². The Morgan fingerprint density at radius 3 is 0.697 bits per heavy atom. The van der Waals surface area contributed by atoms with Crippen LogP contribution in [0.5, 0.6) is 0 Å². The molecule has 0 rings (SSSR count). The maximum Gasteiger partial charge on any atom is 0.330 e. The van der Waals surface area contributed by atoms with Crippen LogP contribution in [0.4, 0.5) is 0 Å². The van der Waals surface area contributed by atoms with Gasteiger partial charge in [-0.3, -0.25) is 4.90 Å². The molecule has 11 heteroatoms. The van der Waals surface area contributed by atoms with Crippen LogP contribution in [0.25, 0.3) is 0 Å². The summed E-state index contributed by atoms with van der Waals surface area (Å²) in [5.41, 5.74) is 0. The second kappa shape index (κ2) is 94.3. The summed E-state index contributed by atoms with van der Waals surface area (Å²) in [7, 11) is 0. The van der Waals surface area contributed by atoms with Crippen molar-refractivity contribution in [1.29, 1.82) is 0 Å². The van der Waals surface area contributed by atoms with E-state index in [1.165, 1.54) is 378 Å². The quantitative estimate of drug-likeness (QED) is 0.0261. The number of esters is 3. The molecular weight excluding hydrogens is 1350 g/mol. The molecule has 646 valence electrons. The van der Waals surface area contributed by atoms with Gasteiger partial charge in [0.1, 0.15) is 0 Å². The van der Waals surface area contributed by atoms with Crippen LogP contribution in [0.1, 0.15) is 485 Å². The van der Waals surface area contributed by atoms with Crippen LogP contribution in [-0.2, 0) is 28.6 Å². The molecule has 0 fully saturated rings. The van der Waals surface area contributed by atoms with Crippen molar-refractivity contribution in [2.75, 3.05) is 78.7 Å². The average molecular weight is 1540 g/mol. The van der Waals surface area contributed by atoms with Crippen molar-refractivity contribution in [3.63, 3.8) is 0 Å². The van der Waals surface area contributed by atoms with E-state index in [0.717, 1.165) is 103 Å². The first kappa shape index (κ1) is 108. The van der Waals surface area contributed by atoms with Gasteiger partial charge in [0, 0.05) is 51.0 Å². The summed E-state index contributed by atoms with van der Waals surface area (Å²) in [6, 6.07) is 0. The second-order valence-corrected chi connectivity index (χ2v) is 33.3. The van der Waals surface area contributed by atoms with E-state index >= 15 is 0 Å². The highest BCUT2D eigenvalue weighted by Crippen LogP contribution is 2.19. The molecule has 11 nitrogen and oxygen atoms in total. The Bertz CT molecular complexity index is 1820. The molecule has 0 aliphatic carbocycles. The van der Waals surface area contributed by atoms with Gasteiger partial charge < -0.3 is 34.2 Å². The minimum absolute atomic E-state index is 0.221. The predicted molar refractivity (Wildman–Crippen MR) is 475 cm³/mol. The standard InChI is InChI=1S/C58H112N2O5.C40H79NO3/c1-5-9-12-15-18-21-24-27-30-33-36-39-42-52-64-57(62)46-44-50-60(51-45-47-58(63)65-53-43-40-37-34-31-28-25-22-19-16-13-10-6-2)55-56(61)54-59(48-8-4)49-41-38-35-32-29-26-23-20-17-14-11-7-3;1-4-7-9-11-13-15-17-19-21-23-25-27-32-37-44-40(43)34-30-28-29-33-39(42)38-41(35-6-3)36-31-26-24-22-20-18-16-14-12-10-8-5-2/h44-47,56,61H,5-43,48-55H2,1-4H3;30,34,39,42H,4-29,31-33,35-38H2,1-3H3/b46-44+,47-45+;34-30+. The van der Waals surface area contributed by atoms with Crippen molar-refractivity contribution in [3.8, 4) is 0 Å². The summed E-state index contributed by atoms with van der Waals surface area (Å²) in [5.74, 6) is -0.845. The number of carbonyl (C=O) groups excluding carboxylic acids is 3. The van der Waals surface area contributed by atoms with Crippen LogP contribution in [0.3, 0.4) is 0 Å². The molecule has 0 aliphatic heterocycles. The third kappa shape index (κ3) is 90.8. The maximum absolute atomic E-state index is 12.6. The van der Waals surface area contributed by atoms with Gasteiger partial charge in [-0.1, -0.05) is 439 Å². The predicted octanol–water partition coefficient (Wildman–Crippen LogP) is 28.6. The zero-order valence-corrected chi connectivity index (χ0v) is 74.4. The summed E-state index contributed by atoms with van der Waals surface area (Å²) < 4.78 is 16.4. The first-order valence-corrected chi connectivity index (χ1v) is 48.6. The molecule has 0 aliphatic rings. The molecule has 0 saturated carbocycles. The molecule has 0 bridgehead atoms. The number of hydrogen-bond donors (Lipinski definition) is 2. The van der Waals surface area contributed by atoms with Crippen molar-refractivity contribution in [2.24, 2.45) is 0 Å². The number of ether oxygens (including phenoxy) is 3. The lowest BCUT2D eigenvalue weighted by molar-refractivity contribution is -0.138. The lowest BCUT2D eigenvalue weighted by Crippen LogP contribution is -2.41. The third-order valence-corrected chi connectivity index (χ3v) is 22.0. The fraction of sp³-hybridized carbons (Fsp3) is 0.908. The van der Waals surface area contributed by atoms with Gasteiger partial charge in [0.2, 0.25) is 0 Å². The molecule has 0 heterocycles. The van der Waals surface area contributed by atoms with E-state index in [1.807, 2.05) is 18.2 Å². The Morgan fingerprint density at radius 1 is 0.239 bits per heavy atom. The van der Waals surface area contributed by atoms with Gasteiger partial charge in [0.25, 0.3) is 0 Å². The van der Waals surface area contributed by atoms with E-state index in [0.29, 0.717) is 46.0 Å². The van der Waals surface area contributed by atoms with Crippen molar-refractivity contribution in [2.45, 2.75) is 497 Å². The van der Waals surface area contributed by atoms with Gasteiger partial charge in [-0.05, 0) is 90.4 Å². The summed E-state index contributed by atoms with van der Waals surface area (Å²) in [6.07, 6.45) is 97.4. The van der Waals surface area contributed by atoms with Crippen LogP contribution in [0.2, 0.25) is 0 Å². The van der Waals surface area contributed by atoms with Gasteiger partial charge in [0.15, 0.2) is 0 Å². The molecule has 0 aromatic carbocycles. The van der Waals surface area contributed by atoms with Gasteiger partial charge in [-0.2, -0.15) is 0 Å². The van der Waals surface area contributed by atoms with Crippen LogP contribution in [-0.4, -0.2) is 134 Å². The van der Waals surface area contributed by atoms with E-state index in [-0.39, 0.29) is 24.0 Å². The summed E-state index contributed by atoms with van der Waals surface area (Å²) in [6.45, 7) is 24.3. The van der Waals surface area contributed by atoms with Crippen molar-refractivity contribution < 1.29 is 38.8 Å². The number of aliphatic hydroxyl groups is 2. The van der Waals surface area contributed by atoms with Crippen molar-refractivity contribution in [1.82, 2.24) is 14.7 Å². The topological polar surface area (TPSA) is 129 Å². The average Bonchev–Trinajstić information content (AvgIpc) is 0.942. The number of carbonyl (C=O) groups is 3. The van der Waals surface area contributed by atoms with E-state index in [4.69, 9.17) is 14.2 Å². The normalized spacial score (nSPS) is 12.4. The molecule has 0 amide bonds. The van der Waals surface area contributed by atoms with Crippen molar-refractivity contribution in [3.05, 3.63) is 36.5 Å². The van der Waals surface area contributed by atoms with E-state index < -0.39 is 6.10 Å². The van der Waals surface area contributed by atoms with Crippen molar-refractivity contribution >= 4 is 17.9 Å². The number of hydrogen-bond acceptors (Lipinski definition) is 11. The van der Waals surface area contributed by atoms with Gasteiger partial charge in [0.05, 0.1) is 32.0 Å². The summed E-state index contributed by atoms with van der Waals surface area (Å²) >= 11 is 0. The molecule has 0 saturated heterocycles. The largest absolute Gasteiger partial charge is 0.463 e. The number of allylic oxidation sites excluding steroid dienone is 1. The van der Waals surface area contributed by atoms with Crippen LogP contribution >= 0.6 is 0 Å².